The molecule has 0 saturated heterocycles. The van der Waals surface area contributed by atoms with Gasteiger partial charge in [0.25, 0.3) is 5.56 Å². The van der Waals surface area contributed by atoms with E-state index in [0.29, 0.717) is 22.7 Å². The van der Waals surface area contributed by atoms with E-state index in [0.717, 1.165) is 16.7 Å². The van der Waals surface area contributed by atoms with Crippen molar-refractivity contribution in [2.45, 2.75) is 26.1 Å². The fraction of sp³-hybridized carbons (Fsp3) is 0.190. The number of alkyl halides is 3. The second-order valence-corrected chi connectivity index (χ2v) is 6.89. The molecule has 0 aliphatic heterocycles. The molecule has 0 atom stereocenters. The zero-order valence-electron chi connectivity index (χ0n) is 15.8. The van der Waals surface area contributed by atoms with Gasteiger partial charge in [0.15, 0.2) is 0 Å². The minimum Gasteiger partial charge on any atom is -0.324 e. The molecule has 156 valence electrons. The van der Waals surface area contributed by atoms with Gasteiger partial charge in [0.2, 0.25) is 5.91 Å². The molecule has 0 radical (unpaired) electrons. The summed E-state index contributed by atoms with van der Waals surface area (Å²) in [6.07, 6.45) is -4.13. The van der Waals surface area contributed by atoms with E-state index < -0.39 is 29.8 Å². The number of aryl methyl sites for hydroxylation is 1. The number of nitrogens with zero attached hydrogens (tertiary/aromatic N) is 2. The number of aromatic nitrogens is 2. The van der Waals surface area contributed by atoms with Gasteiger partial charge in [0.05, 0.1) is 11.3 Å². The lowest BCUT2D eigenvalue weighted by atomic mass is 10.1. The summed E-state index contributed by atoms with van der Waals surface area (Å²) in [5.41, 5.74) is -0.811. The lowest BCUT2D eigenvalue weighted by molar-refractivity contribution is -0.137. The first-order chi connectivity index (χ1) is 14.2. The Kier molecular flexibility index (Phi) is 6.26. The van der Waals surface area contributed by atoms with Crippen LogP contribution in [0.4, 0.5) is 18.9 Å². The highest BCUT2D eigenvalue weighted by molar-refractivity contribution is 6.30. The molecule has 0 spiro atoms. The molecule has 0 unspecified atom stereocenters. The lowest BCUT2D eigenvalue weighted by Gasteiger charge is -2.16. The molecule has 30 heavy (non-hydrogen) atoms. The van der Waals surface area contributed by atoms with E-state index in [4.69, 9.17) is 11.6 Å². The second kappa shape index (κ2) is 8.71. The van der Waals surface area contributed by atoms with Gasteiger partial charge in [-0.2, -0.15) is 13.2 Å². The van der Waals surface area contributed by atoms with E-state index in [1.54, 1.807) is 24.3 Å². The van der Waals surface area contributed by atoms with E-state index >= 15 is 0 Å². The molecule has 0 aliphatic carbocycles. The molecule has 1 amide bonds. The molecule has 0 saturated carbocycles. The second-order valence-electron chi connectivity index (χ2n) is 6.45. The van der Waals surface area contributed by atoms with Crippen molar-refractivity contribution in [3.63, 3.8) is 0 Å². The number of benzene rings is 2. The minimum absolute atomic E-state index is 0.209. The van der Waals surface area contributed by atoms with Crippen LogP contribution in [0.25, 0.3) is 11.4 Å². The van der Waals surface area contributed by atoms with Gasteiger partial charge in [0.1, 0.15) is 12.4 Å². The lowest BCUT2D eigenvalue weighted by Crippen LogP contribution is -2.30. The maximum absolute atomic E-state index is 13.2. The summed E-state index contributed by atoms with van der Waals surface area (Å²) in [5.74, 6) is -0.579. The first-order valence-corrected chi connectivity index (χ1v) is 9.39. The number of para-hydroxylation sites is 1. The van der Waals surface area contributed by atoms with Gasteiger partial charge >= 0.3 is 6.18 Å². The van der Waals surface area contributed by atoms with E-state index in [1.165, 1.54) is 18.2 Å². The van der Waals surface area contributed by atoms with Crippen LogP contribution in [0.1, 0.15) is 18.2 Å². The third kappa shape index (κ3) is 4.88. The minimum atomic E-state index is -4.63. The van der Waals surface area contributed by atoms with E-state index in [-0.39, 0.29) is 11.5 Å². The molecule has 2 aromatic carbocycles. The highest BCUT2D eigenvalue weighted by Gasteiger charge is 2.33. The summed E-state index contributed by atoms with van der Waals surface area (Å²) in [6, 6.07) is 12.5. The zero-order chi connectivity index (χ0) is 21.9. The van der Waals surface area contributed by atoms with Crippen LogP contribution in [0.3, 0.4) is 0 Å². The van der Waals surface area contributed by atoms with E-state index in [9.17, 15) is 22.8 Å². The SMILES string of the molecule is CCc1cc(=O)n(CC(=O)Nc2ccccc2C(F)(F)F)c(-c2cccc(Cl)c2)n1. The zero-order valence-corrected chi connectivity index (χ0v) is 16.6. The van der Waals surface area contributed by atoms with Gasteiger partial charge in [-0.1, -0.05) is 42.8 Å². The van der Waals surface area contributed by atoms with Gasteiger partial charge < -0.3 is 5.32 Å². The van der Waals surface area contributed by atoms with Gasteiger partial charge in [-0.3, -0.25) is 14.2 Å². The molecular weight excluding hydrogens is 419 g/mol. The van der Waals surface area contributed by atoms with Crippen LogP contribution in [0.15, 0.2) is 59.4 Å². The van der Waals surface area contributed by atoms with Crippen molar-refractivity contribution in [1.82, 2.24) is 9.55 Å². The highest BCUT2D eigenvalue weighted by Crippen LogP contribution is 2.34. The van der Waals surface area contributed by atoms with Crippen LogP contribution in [0.2, 0.25) is 5.02 Å². The Bertz CT molecular complexity index is 1140. The fourth-order valence-corrected chi connectivity index (χ4v) is 3.10. The molecule has 0 bridgehead atoms. The number of hydrogen-bond acceptors (Lipinski definition) is 3. The standard InChI is InChI=1S/C21H17ClF3N3O2/c1-2-15-11-19(30)28(20(26-15)13-6-5-7-14(22)10-13)12-18(29)27-17-9-4-3-8-16(17)21(23,24)25/h3-11H,2,12H2,1H3,(H,27,29). The summed E-state index contributed by atoms with van der Waals surface area (Å²) in [6.45, 7) is 1.32. The number of rotatable bonds is 5. The first-order valence-electron chi connectivity index (χ1n) is 9.02. The summed E-state index contributed by atoms with van der Waals surface area (Å²) in [7, 11) is 0. The molecule has 5 nitrogen and oxygen atoms in total. The third-order valence-corrected chi connectivity index (χ3v) is 4.55. The quantitative estimate of drug-likeness (QED) is 0.627. The van der Waals surface area contributed by atoms with Crippen LogP contribution in [0.5, 0.6) is 0 Å². The molecule has 0 aliphatic rings. The number of amides is 1. The molecule has 1 aromatic heterocycles. The van der Waals surface area contributed by atoms with Crippen molar-refractivity contribution in [3.8, 4) is 11.4 Å². The van der Waals surface area contributed by atoms with Crippen molar-refractivity contribution in [2.24, 2.45) is 0 Å². The highest BCUT2D eigenvalue weighted by atomic mass is 35.5. The summed E-state index contributed by atoms with van der Waals surface area (Å²) in [5, 5.41) is 2.65. The average molecular weight is 436 g/mol. The fourth-order valence-electron chi connectivity index (χ4n) is 2.91. The Labute approximate surface area is 175 Å². The largest absolute Gasteiger partial charge is 0.418 e. The number of anilines is 1. The van der Waals surface area contributed by atoms with Crippen LogP contribution in [-0.4, -0.2) is 15.5 Å². The van der Waals surface area contributed by atoms with Crippen molar-refractivity contribution >= 4 is 23.2 Å². The number of carbonyl (C=O) groups excluding carboxylic acids is 1. The Balaban J connectivity index is 1.98. The number of carbonyl (C=O) groups is 1. The van der Waals surface area contributed by atoms with Crippen LogP contribution in [0, 0.1) is 0 Å². The summed E-state index contributed by atoms with van der Waals surface area (Å²) >= 11 is 6.03. The Morgan fingerprint density at radius 3 is 2.53 bits per heavy atom. The van der Waals surface area contributed by atoms with E-state index in [1.807, 2.05) is 6.92 Å². The molecular formula is C21H17ClF3N3O2. The van der Waals surface area contributed by atoms with Gasteiger partial charge in [0, 0.05) is 22.3 Å². The van der Waals surface area contributed by atoms with E-state index in [2.05, 4.69) is 10.3 Å². The maximum atomic E-state index is 13.2. The van der Waals surface area contributed by atoms with Gasteiger partial charge in [-0.05, 0) is 30.7 Å². The molecule has 3 aromatic rings. The topological polar surface area (TPSA) is 64.0 Å². The Morgan fingerprint density at radius 2 is 1.87 bits per heavy atom. The smallest absolute Gasteiger partial charge is 0.324 e. The molecule has 1 N–H and O–H groups in total. The number of hydrogen-bond donors (Lipinski definition) is 1. The third-order valence-electron chi connectivity index (χ3n) is 4.31. The van der Waals surface area contributed by atoms with Crippen molar-refractivity contribution in [2.75, 3.05) is 5.32 Å². The van der Waals surface area contributed by atoms with Crippen molar-refractivity contribution < 1.29 is 18.0 Å². The predicted molar refractivity (Wildman–Crippen MR) is 108 cm³/mol. The maximum Gasteiger partial charge on any atom is 0.418 e. The molecule has 3 rings (SSSR count). The van der Waals surface area contributed by atoms with Crippen molar-refractivity contribution in [3.05, 3.63) is 81.2 Å². The normalized spacial score (nSPS) is 11.4. The van der Waals surface area contributed by atoms with Crippen LogP contribution in [-0.2, 0) is 23.9 Å². The van der Waals surface area contributed by atoms with Gasteiger partial charge in [-0.25, -0.2) is 4.98 Å². The van der Waals surface area contributed by atoms with Crippen LogP contribution >= 0.6 is 11.6 Å². The van der Waals surface area contributed by atoms with Crippen LogP contribution < -0.4 is 10.9 Å². The average Bonchev–Trinajstić information content (AvgIpc) is 2.69. The summed E-state index contributed by atoms with van der Waals surface area (Å²) < 4.78 is 40.6. The molecule has 0 fully saturated rings. The van der Waals surface area contributed by atoms with Crippen molar-refractivity contribution in [1.29, 1.82) is 0 Å². The summed E-state index contributed by atoms with van der Waals surface area (Å²) in [4.78, 5) is 29.6. The Morgan fingerprint density at radius 1 is 1.13 bits per heavy atom. The Hall–Kier alpha value is -3.13. The van der Waals surface area contributed by atoms with Gasteiger partial charge in [-0.15, -0.1) is 0 Å². The monoisotopic (exact) mass is 435 g/mol. The predicted octanol–water partition coefficient (Wildman–Crippen LogP) is 4.78. The molecule has 1 heterocycles. The first kappa shape index (κ1) is 21.6. The number of halogens is 4. The molecule has 9 heteroatoms. The number of nitrogens with one attached hydrogen (secondary N) is 1.